The Labute approximate surface area is 84.2 Å². The number of carbonyl (C=O) groups excluding carboxylic acids is 1. The third-order valence-corrected chi connectivity index (χ3v) is 2.49. The number of rotatable bonds is 2. The third-order valence-electron chi connectivity index (χ3n) is 2.49. The summed E-state index contributed by atoms with van der Waals surface area (Å²) in [5.41, 5.74) is 9.48. The maximum absolute atomic E-state index is 10.5. The molecule has 4 nitrogen and oxygen atoms in total. The highest BCUT2D eigenvalue weighted by molar-refractivity contribution is 5.98. The molecule has 0 aromatic heterocycles. The number of hydrogen-bond donors (Lipinski definition) is 2. The summed E-state index contributed by atoms with van der Waals surface area (Å²) in [5.74, 6) is 0.450. The molecule has 0 aromatic carbocycles. The minimum Gasteiger partial charge on any atom is -0.350 e. The lowest BCUT2D eigenvalue weighted by molar-refractivity contribution is 0.249. The standard InChI is InChI=1S/C10H17N3O/c1-3-8-5-4-7(2)6-9(8)12-13-10(11)14/h6,8H,3-5H2,1-2H3,(H3,11,13,14)/b12-9-. The second-order valence-electron chi connectivity index (χ2n) is 3.65. The van der Waals surface area contributed by atoms with Crippen LogP contribution in [0, 0.1) is 5.92 Å². The van der Waals surface area contributed by atoms with Crippen molar-refractivity contribution >= 4 is 11.7 Å². The number of primary amides is 1. The van der Waals surface area contributed by atoms with Gasteiger partial charge < -0.3 is 5.73 Å². The maximum Gasteiger partial charge on any atom is 0.332 e. The van der Waals surface area contributed by atoms with Gasteiger partial charge in [0.15, 0.2) is 0 Å². The molecule has 1 aliphatic rings. The Bertz CT molecular complexity index is 281. The van der Waals surface area contributed by atoms with Crippen molar-refractivity contribution in [3.05, 3.63) is 11.6 Å². The molecule has 0 heterocycles. The minimum absolute atomic E-state index is 0.450. The van der Waals surface area contributed by atoms with Crippen LogP contribution in [-0.2, 0) is 0 Å². The van der Waals surface area contributed by atoms with Crippen molar-refractivity contribution in [3.63, 3.8) is 0 Å². The van der Waals surface area contributed by atoms with Crippen molar-refractivity contribution in [1.29, 1.82) is 0 Å². The van der Waals surface area contributed by atoms with Crippen molar-refractivity contribution in [3.8, 4) is 0 Å². The van der Waals surface area contributed by atoms with E-state index in [1.807, 2.05) is 6.08 Å². The average Bonchev–Trinajstić information content (AvgIpc) is 2.15. The van der Waals surface area contributed by atoms with Gasteiger partial charge in [-0.2, -0.15) is 5.10 Å². The predicted molar refractivity (Wildman–Crippen MR) is 56.9 cm³/mol. The number of urea groups is 1. The van der Waals surface area contributed by atoms with Gasteiger partial charge >= 0.3 is 6.03 Å². The van der Waals surface area contributed by atoms with Gasteiger partial charge in [0, 0.05) is 5.92 Å². The molecular weight excluding hydrogens is 178 g/mol. The molecule has 0 fully saturated rings. The molecule has 2 amide bonds. The number of carbonyl (C=O) groups is 1. The van der Waals surface area contributed by atoms with Crippen molar-refractivity contribution in [2.45, 2.75) is 33.1 Å². The molecule has 1 atom stereocenters. The molecule has 0 radical (unpaired) electrons. The average molecular weight is 195 g/mol. The molecule has 1 aliphatic carbocycles. The Morgan fingerprint density at radius 3 is 3.07 bits per heavy atom. The van der Waals surface area contributed by atoms with Crippen molar-refractivity contribution in [1.82, 2.24) is 5.43 Å². The van der Waals surface area contributed by atoms with E-state index in [1.165, 1.54) is 5.57 Å². The van der Waals surface area contributed by atoms with Crippen molar-refractivity contribution in [2.75, 3.05) is 0 Å². The molecule has 0 spiro atoms. The lowest BCUT2D eigenvalue weighted by atomic mass is 9.87. The Balaban J connectivity index is 2.74. The van der Waals surface area contributed by atoms with Crippen molar-refractivity contribution < 1.29 is 4.79 Å². The van der Waals surface area contributed by atoms with Gasteiger partial charge in [-0.3, -0.25) is 0 Å². The van der Waals surface area contributed by atoms with Crippen molar-refractivity contribution in [2.24, 2.45) is 16.8 Å². The van der Waals surface area contributed by atoms with Crippen LogP contribution >= 0.6 is 0 Å². The van der Waals surface area contributed by atoms with Gasteiger partial charge in [-0.25, -0.2) is 10.2 Å². The first-order chi connectivity index (χ1) is 6.63. The summed E-state index contributed by atoms with van der Waals surface area (Å²) in [6.07, 6.45) is 5.31. The lowest BCUT2D eigenvalue weighted by Crippen LogP contribution is -2.28. The molecular formula is C10H17N3O. The van der Waals surface area contributed by atoms with E-state index in [4.69, 9.17) is 5.73 Å². The van der Waals surface area contributed by atoms with E-state index in [0.717, 1.165) is 25.0 Å². The van der Waals surface area contributed by atoms with Gasteiger partial charge in [0.2, 0.25) is 0 Å². The monoisotopic (exact) mass is 195 g/mol. The normalized spacial score (nSPS) is 24.6. The number of nitrogens with one attached hydrogen (secondary N) is 1. The molecule has 0 bridgehead atoms. The Kier molecular flexibility index (Phi) is 3.68. The van der Waals surface area contributed by atoms with Crippen LogP contribution in [0.3, 0.4) is 0 Å². The van der Waals surface area contributed by atoms with E-state index in [1.54, 1.807) is 0 Å². The minimum atomic E-state index is -0.607. The van der Waals surface area contributed by atoms with Gasteiger partial charge in [0.05, 0.1) is 5.71 Å². The van der Waals surface area contributed by atoms with Gasteiger partial charge in [0.1, 0.15) is 0 Å². The van der Waals surface area contributed by atoms with E-state index in [0.29, 0.717) is 5.92 Å². The van der Waals surface area contributed by atoms with Crippen LogP contribution in [0.25, 0.3) is 0 Å². The number of nitrogens with two attached hydrogens (primary N) is 1. The molecule has 14 heavy (non-hydrogen) atoms. The number of hydrogen-bond acceptors (Lipinski definition) is 2. The summed E-state index contributed by atoms with van der Waals surface area (Å²) in [7, 11) is 0. The summed E-state index contributed by atoms with van der Waals surface area (Å²) in [5, 5.41) is 4.00. The number of amides is 2. The summed E-state index contributed by atoms with van der Waals surface area (Å²) in [4.78, 5) is 10.5. The number of nitrogens with zero attached hydrogens (tertiary/aromatic N) is 1. The Hall–Kier alpha value is -1.32. The second-order valence-corrected chi connectivity index (χ2v) is 3.65. The Morgan fingerprint density at radius 1 is 1.79 bits per heavy atom. The van der Waals surface area contributed by atoms with Crippen LogP contribution in [0.15, 0.2) is 16.8 Å². The molecule has 3 N–H and O–H groups in total. The fourth-order valence-electron chi connectivity index (χ4n) is 1.65. The lowest BCUT2D eigenvalue weighted by Gasteiger charge is -2.20. The quantitative estimate of drug-likeness (QED) is 0.648. The van der Waals surface area contributed by atoms with E-state index < -0.39 is 6.03 Å². The highest BCUT2D eigenvalue weighted by atomic mass is 16.2. The van der Waals surface area contributed by atoms with Crippen LogP contribution in [0.5, 0.6) is 0 Å². The molecule has 0 saturated heterocycles. The largest absolute Gasteiger partial charge is 0.350 e. The topological polar surface area (TPSA) is 67.5 Å². The summed E-state index contributed by atoms with van der Waals surface area (Å²) in [6.45, 7) is 4.20. The second kappa shape index (κ2) is 4.79. The molecule has 0 saturated carbocycles. The molecule has 0 aliphatic heterocycles. The highest BCUT2D eigenvalue weighted by Gasteiger charge is 2.17. The van der Waals surface area contributed by atoms with Crippen LogP contribution in [0.2, 0.25) is 0 Å². The third kappa shape index (κ3) is 2.87. The summed E-state index contributed by atoms with van der Waals surface area (Å²) < 4.78 is 0. The van der Waals surface area contributed by atoms with Crippen LogP contribution in [0.4, 0.5) is 4.79 Å². The van der Waals surface area contributed by atoms with E-state index in [9.17, 15) is 4.79 Å². The first-order valence-corrected chi connectivity index (χ1v) is 4.93. The SMILES string of the molecule is CCC1CCC(C)=C/C1=N/NC(N)=O. The van der Waals surface area contributed by atoms with Crippen LogP contribution in [0.1, 0.15) is 33.1 Å². The van der Waals surface area contributed by atoms with E-state index in [-0.39, 0.29) is 0 Å². The molecule has 4 heteroatoms. The van der Waals surface area contributed by atoms with Gasteiger partial charge in [0.25, 0.3) is 0 Å². The summed E-state index contributed by atoms with van der Waals surface area (Å²) in [6, 6.07) is -0.607. The first kappa shape index (κ1) is 10.8. The zero-order valence-electron chi connectivity index (χ0n) is 8.71. The van der Waals surface area contributed by atoms with Crippen LogP contribution < -0.4 is 11.2 Å². The molecule has 1 unspecified atom stereocenters. The van der Waals surface area contributed by atoms with E-state index >= 15 is 0 Å². The predicted octanol–water partition coefficient (Wildman–Crippen LogP) is 1.78. The zero-order valence-corrected chi connectivity index (χ0v) is 8.71. The summed E-state index contributed by atoms with van der Waals surface area (Å²) >= 11 is 0. The van der Waals surface area contributed by atoms with E-state index in [2.05, 4.69) is 24.4 Å². The highest BCUT2D eigenvalue weighted by Crippen LogP contribution is 2.23. The van der Waals surface area contributed by atoms with Gasteiger partial charge in [-0.15, -0.1) is 0 Å². The molecule has 1 rings (SSSR count). The van der Waals surface area contributed by atoms with Crippen LogP contribution in [-0.4, -0.2) is 11.7 Å². The van der Waals surface area contributed by atoms with Gasteiger partial charge in [-0.1, -0.05) is 12.5 Å². The maximum atomic E-state index is 10.5. The Morgan fingerprint density at radius 2 is 2.50 bits per heavy atom. The number of hydrazone groups is 1. The smallest absolute Gasteiger partial charge is 0.332 e. The fourth-order valence-corrected chi connectivity index (χ4v) is 1.65. The van der Waals surface area contributed by atoms with Gasteiger partial charge in [-0.05, 0) is 32.3 Å². The zero-order chi connectivity index (χ0) is 10.6. The molecule has 78 valence electrons. The fraction of sp³-hybridized carbons (Fsp3) is 0.600. The first-order valence-electron chi connectivity index (χ1n) is 4.93. The number of allylic oxidation sites excluding steroid dienone is 2. The molecule has 0 aromatic rings.